The zero-order valence-electron chi connectivity index (χ0n) is 10.7. The topological polar surface area (TPSA) is 26.0 Å². The highest BCUT2D eigenvalue weighted by Gasteiger charge is 2.36. The first-order valence-electron chi connectivity index (χ1n) is 6.41. The molecule has 2 N–H and O–H groups in total. The van der Waals surface area contributed by atoms with Crippen LogP contribution in [-0.2, 0) is 5.54 Å². The summed E-state index contributed by atoms with van der Waals surface area (Å²) < 4.78 is 0. The summed E-state index contributed by atoms with van der Waals surface area (Å²) in [5.74, 6) is 0.599. The predicted octanol–water partition coefficient (Wildman–Crippen LogP) is 3.67. The van der Waals surface area contributed by atoms with Crippen molar-refractivity contribution in [2.24, 2.45) is 11.7 Å². The van der Waals surface area contributed by atoms with Gasteiger partial charge >= 0.3 is 0 Å². The molecule has 0 aromatic heterocycles. The summed E-state index contributed by atoms with van der Waals surface area (Å²) >= 11 is 0. The van der Waals surface area contributed by atoms with Gasteiger partial charge in [-0.2, -0.15) is 0 Å². The van der Waals surface area contributed by atoms with Crippen LogP contribution in [0.2, 0.25) is 0 Å². The van der Waals surface area contributed by atoms with Crippen molar-refractivity contribution >= 4 is 0 Å². The predicted molar refractivity (Wildman–Crippen MR) is 69.4 cm³/mol. The second-order valence-corrected chi connectivity index (χ2v) is 5.43. The zero-order valence-corrected chi connectivity index (χ0v) is 10.7. The van der Waals surface area contributed by atoms with Crippen molar-refractivity contribution in [3.8, 4) is 0 Å². The van der Waals surface area contributed by atoms with Gasteiger partial charge in [-0.15, -0.1) is 0 Å². The lowest BCUT2D eigenvalue weighted by Gasteiger charge is -2.41. The Morgan fingerprint density at radius 2 is 2.00 bits per heavy atom. The van der Waals surface area contributed by atoms with E-state index >= 15 is 0 Å². The Bertz CT molecular complexity index is 383. The molecule has 0 spiro atoms. The highest BCUT2D eigenvalue weighted by molar-refractivity contribution is 5.38. The molecule has 1 aliphatic rings. The van der Waals surface area contributed by atoms with Gasteiger partial charge in [-0.25, -0.2) is 0 Å². The molecule has 2 atom stereocenters. The average molecular weight is 217 g/mol. The lowest BCUT2D eigenvalue weighted by Crippen LogP contribution is -2.45. The normalized spacial score (nSPS) is 30.4. The highest BCUT2D eigenvalue weighted by atomic mass is 14.8. The fourth-order valence-electron chi connectivity index (χ4n) is 3.03. The molecule has 1 aromatic rings. The average Bonchev–Trinajstić information content (AvgIpc) is 2.26. The van der Waals surface area contributed by atoms with Crippen LogP contribution in [0.5, 0.6) is 0 Å². The molecule has 0 amide bonds. The summed E-state index contributed by atoms with van der Waals surface area (Å²) in [5.41, 5.74) is 10.7. The van der Waals surface area contributed by atoms with Gasteiger partial charge in [0.25, 0.3) is 0 Å². The zero-order chi connectivity index (χ0) is 11.8. The lowest BCUT2D eigenvalue weighted by molar-refractivity contribution is 0.206. The van der Waals surface area contributed by atoms with Gasteiger partial charge < -0.3 is 5.73 Å². The molecule has 16 heavy (non-hydrogen) atoms. The Labute approximate surface area is 99.0 Å². The third kappa shape index (κ3) is 1.78. The van der Waals surface area contributed by atoms with Crippen LogP contribution in [0.4, 0.5) is 0 Å². The minimum Gasteiger partial charge on any atom is -0.321 e. The van der Waals surface area contributed by atoms with Crippen LogP contribution in [0.1, 0.15) is 49.3 Å². The molecule has 1 aromatic carbocycles. The third-order valence-electron chi connectivity index (χ3n) is 4.46. The van der Waals surface area contributed by atoms with Crippen molar-refractivity contribution in [2.45, 2.75) is 52.0 Å². The monoisotopic (exact) mass is 217 g/mol. The first kappa shape index (κ1) is 11.7. The molecule has 2 rings (SSSR count). The van der Waals surface area contributed by atoms with Crippen LogP contribution >= 0.6 is 0 Å². The first-order valence-corrected chi connectivity index (χ1v) is 6.41. The Morgan fingerprint density at radius 1 is 1.25 bits per heavy atom. The fourth-order valence-corrected chi connectivity index (χ4v) is 3.03. The highest BCUT2D eigenvalue weighted by Crippen LogP contribution is 2.40. The molecular weight excluding hydrogens is 194 g/mol. The molecule has 88 valence electrons. The Morgan fingerprint density at radius 3 is 2.69 bits per heavy atom. The number of rotatable bonds is 1. The summed E-state index contributed by atoms with van der Waals surface area (Å²) in [4.78, 5) is 0. The van der Waals surface area contributed by atoms with Crippen LogP contribution in [-0.4, -0.2) is 0 Å². The Balaban J connectivity index is 2.45. The lowest BCUT2D eigenvalue weighted by atomic mass is 9.69. The summed E-state index contributed by atoms with van der Waals surface area (Å²) in [6.45, 7) is 6.69. The summed E-state index contributed by atoms with van der Waals surface area (Å²) in [6, 6.07) is 6.55. The minimum atomic E-state index is -0.0889. The van der Waals surface area contributed by atoms with Gasteiger partial charge in [0.05, 0.1) is 0 Å². The van der Waals surface area contributed by atoms with E-state index in [1.54, 1.807) is 0 Å². The standard InChI is InChI=1S/C15H23N/c1-11-7-6-9-14(13(11)3)15(16)10-5-4-8-12(15)2/h6-7,9,12H,4-5,8,10,16H2,1-3H3. The van der Waals surface area contributed by atoms with E-state index in [1.807, 2.05) is 0 Å². The molecule has 1 fully saturated rings. The van der Waals surface area contributed by atoms with Crippen molar-refractivity contribution in [1.29, 1.82) is 0 Å². The van der Waals surface area contributed by atoms with E-state index < -0.39 is 0 Å². The van der Waals surface area contributed by atoms with E-state index in [-0.39, 0.29) is 5.54 Å². The van der Waals surface area contributed by atoms with Gasteiger partial charge in [-0.05, 0) is 49.3 Å². The van der Waals surface area contributed by atoms with Gasteiger partial charge in [0.2, 0.25) is 0 Å². The molecule has 0 bridgehead atoms. The van der Waals surface area contributed by atoms with E-state index in [1.165, 1.54) is 36.0 Å². The molecule has 0 aliphatic heterocycles. The summed E-state index contributed by atoms with van der Waals surface area (Å²) in [7, 11) is 0. The van der Waals surface area contributed by atoms with Crippen molar-refractivity contribution < 1.29 is 0 Å². The van der Waals surface area contributed by atoms with Crippen LogP contribution in [0.15, 0.2) is 18.2 Å². The molecule has 2 unspecified atom stereocenters. The number of aryl methyl sites for hydroxylation is 1. The van der Waals surface area contributed by atoms with E-state index in [0.717, 1.165) is 6.42 Å². The number of nitrogens with two attached hydrogens (primary N) is 1. The maximum atomic E-state index is 6.69. The quantitative estimate of drug-likeness (QED) is 0.763. The van der Waals surface area contributed by atoms with Crippen molar-refractivity contribution in [3.63, 3.8) is 0 Å². The molecule has 0 heterocycles. The molecule has 0 saturated heterocycles. The summed E-state index contributed by atoms with van der Waals surface area (Å²) in [5, 5.41) is 0. The van der Waals surface area contributed by atoms with Gasteiger partial charge in [0.15, 0.2) is 0 Å². The SMILES string of the molecule is Cc1cccc(C2(N)CCCCC2C)c1C. The van der Waals surface area contributed by atoms with E-state index in [2.05, 4.69) is 39.0 Å². The Kier molecular flexibility index (Phi) is 3.07. The second-order valence-electron chi connectivity index (χ2n) is 5.43. The molecule has 1 nitrogen and oxygen atoms in total. The fraction of sp³-hybridized carbons (Fsp3) is 0.600. The van der Waals surface area contributed by atoms with Crippen LogP contribution in [0.3, 0.4) is 0 Å². The minimum absolute atomic E-state index is 0.0889. The summed E-state index contributed by atoms with van der Waals surface area (Å²) in [6.07, 6.45) is 5.02. The van der Waals surface area contributed by atoms with E-state index in [0.29, 0.717) is 5.92 Å². The van der Waals surface area contributed by atoms with Gasteiger partial charge in [0, 0.05) is 5.54 Å². The van der Waals surface area contributed by atoms with Crippen LogP contribution in [0, 0.1) is 19.8 Å². The van der Waals surface area contributed by atoms with Crippen LogP contribution < -0.4 is 5.73 Å². The van der Waals surface area contributed by atoms with Crippen LogP contribution in [0.25, 0.3) is 0 Å². The smallest absolute Gasteiger partial charge is 0.0438 e. The molecule has 0 radical (unpaired) electrons. The van der Waals surface area contributed by atoms with Crippen molar-refractivity contribution in [2.75, 3.05) is 0 Å². The van der Waals surface area contributed by atoms with E-state index in [4.69, 9.17) is 5.73 Å². The third-order valence-corrected chi connectivity index (χ3v) is 4.46. The van der Waals surface area contributed by atoms with Gasteiger partial charge in [-0.3, -0.25) is 0 Å². The largest absolute Gasteiger partial charge is 0.321 e. The maximum absolute atomic E-state index is 6.69. The first-order chi connectivity index (χ1) is 7.55. The number of hydrogen-bond acceptors (Lipinski definition) is 1. The molecule has 1 saturated carbocycles. The number of hydrogen-bond donors (Lipinski definition) is 1. The molecular formula is C15H23N. The van der Waals surface area contributed by atoms with Crippen molar-refractivity contribution in [1.82, 2.24) is 0 Å². The molecule has 1 heteroatoms. The maximum Gasteiger partial charge on any atom is 0.0438 e. The molecule has 1 aliphatic carbocycles. The van der Waals surface area contributed by atoms with E-state index in [9.17, 15) is 0 Å². The Hall–Kier alpha value is -0.820. The van der Waals surface area contributed by atoms with Crippen molar-refractivity contribution in [3.05, 3.63) is 34.9 Å². The van der Waals surface area contributed by atoms with Gasteiger partial charge in [0.1, 0.15) is 0 Å². The number of benzene rings is 1. The van der Waals surface area contributed by atoms with Gasteiger partial charge in [-0.1, -0.05) is 38.0 Å². The second kappa shape index (κ2) is 4.21.